The molecule has 0 spiro atoms. The molecule has 1 fully saturated rings. The molecule has 0 saturated carbocycles. The minimum Gasteiger partial charge on any atom is -0.326 e. The maximum Gasteiger partial charge on any atom is 0.225 e. The number of rotatable bonds is 7. The highest BCUT2D eigenvalue weighted by molar-refractivity contribution is 5.95. The van der Waals surface area contributed by atoms with Gasteiger partial charge in [0.15, 0.2) is 5.78 Å². The highest BCUT2D eigenvalue weighted by Crippen LogP contribution is 2.13. The predicted molar refractivity (Wildman–Crippen MR) is 113 cm³/mol. The number of piperazine rings is 1. The zero-order valence-corrected chi connectivity index (χ0v) is 16.8. The monoisotopic (exact) mass is 379 g/mol. The van der Waals surface area contributed by atoms with Gasteiger partial charge >= 0.3 is 0 Å². The number of benzene rings is 2. The van der Waals surface area contributed by atoms with Crippen molar-refractivity contribution in [1.82, 2.24) is 9.80 Å². The van der Waals surface area contributed by atoms with Crippen LogP contribution in [0.15, 0.2) is 48.5 Å². The Labute approximate surface area is 167 Å². The van der Waals surface area contributed by atoms with E-state index in [1.54, 1.807) is 24.3 Å². The minimum absolute atomic E-state index is 0.0120. The molecule has 148 valence electrons. The number of aryl methyl sites for hydroxylation is 1. The molecule has 2 aromatic carbocycles. The molecule has 1 heterocycles. The van der Waals surface area contributed by atoms with Crippen LogP contribution in [0.25, 0.3) is 0 Å². The minimum atomic E-state index is 0.0120. The Balaban J connectivity index is 1.38. The van der Waals surface area contributed by atoms with Crippen molar-refractivity contribution in [2.75, 3.05) is 38.0 Å². The van der Waals surface area contributed by atoms with Crippen LogP contribution in [0.2, 0.25) is 0 Å². The topological polar surface area (TPSA) is 52.7 Å². The van der Waals surface area contributed by atoms with Gasteiger partial charge in [-0.05, 0) is 49.2 Å². The van der Waals surface area contributed by atoms with Gasteiger partial charge in [-0.25, -0.2) is 0 Å². The number of Topliss-reactive ketones (excluding diaryl/α,β-unsaturated/α-hetero) is 1. The first-order valence-electron chi connectivity index (χ1n) is 9.91. The van der Waals surface area contributed by atoms with Gasteiger partial charge in [0, 0.05) is 56.9 Å². The molecule has 1 aliphatic heterocycles. The molecule has 5 nitrogen and oxygen atoms in total. The van der Waals surface area contributed by atoms with E-state index in [4.69, 9.17) is 0 Å². The fourth-order valence-electron chi connectivity index (χ4n) is 3.47. The fraction of sp³-hybridized carbons (Fsp3) is 0.391. The number of nitrogens with zero attached hydrogens (tertiary/aromatic N) is 2. The maximum absolute atomic E-state index is 12.2. The van der Waals surface area contributed by atoms with E-state index in [1.807, 2.05) is 0 Å². The average molecular weight is 380 g/mol. The van der Waals surface area contributed by atoms with Crippen LogP contribution in [0.4, 0.5) is 5.69 Å². The van der Waals surface area contributed by atoms with Crippen molar-refractivity contribution in [3.8, 4) is 0 Å². The van der Waals surface area contributed by atoms with Crippen molar-refractivity contribution in [1.29, 1.82) is 0 Å². The number of hydrogen-bond acceptors (Lipinski definition) is 4. The van der Waals surface area contributed by atoms with Crippen molar-refractivity contribution >= 4 is 17.4 Å². The van der Waals surface area contributed by atoms with Gasteiger partial charge in [0.25, 0.3) is 0 Å². The summed E-state index contributed by atoms with van der Waals surface area (Å²) >= 11 is 0. The SMILES string of the molecule is CC(=O)c1ccc(NC(=O)CCN2CCN(Cc3ccccc3C)CC2)cc1. The van der Waals surface area contributed by atoms with Crippen molar-refractivity contribution in [2.24, 2.45) is 0 Å². The Morgan fingerprint density at radius 2 is 1.57 bits per heavy atom. The van der Waals surface area contributed by atoms with E-state index in [1.165, 1.54) is 18.1 Å². The van der Waals surface area contributed by atoms with Crippen LogP contribution in [0, 0.1) is 6.92 Å². The van der Waals surface area contributed by atoms with Gasteiger partial charge in [-0.1, -0.05) is 24.3 Å². The smallest absolute Gasteiger partial charge is 0.225 e. The van der Waals surface area contributed by atoms with Gasteiger partial charge in [0.2, 0.25) is 5.91 Å². The van der Waals surface area contributed by atoms with Crippen molar-refractivity contribution < 1.29 is 9.59 Å². The second-order valence-corrected chi connectivity index (χ2v) is 7.48. The molecular formula is C23H29N3O2. The number of hydrogen-bond donors (Lipinski definition) is 1. The molecule has 28 heavy (non-hydrogen) atoms. The van der Waals surface area contributed by atoms with Crippen LogP contribution < -0.4 is 5.32 Å². The molecular weight excluding hydrogens is 350 g/mol. The summed E-state index contributed by atoms with van der Waals surface area (Å²) in [7, 11) is 0. The number of nitrogens with one attached hydrogen (secondary N) is 1. The van der Waals surface area contributed by atoms with E-state index < -0.39 is 0 Å². The van der Waals surface area contributed by atoms with Gasteiger partial charge in [-0.15, -0.1) is 0 Å². The third-order valence-electron chi connectivity index (χ3n) is 5.35. The molecule has 0 bridgehead atoms. The van der Waals surface area contributed by atoms with Crippen LogP contribution in [0.1, 0.15) is 34.8 Å². The molecule has 0 aliphatic carbocycles. The quantitative estimate of drug-likeness (QED) is 0.750. The highest BCUT2D eigenvalue weighted by atomic mass is 16.1. The summed E-state index contributed by atoms with van der Waals surface area (Å²) in [4.78, 5) is 28.3. The third kappa shape index (κ3) is 5.75. The number of carbonyl (C=O) groups excluding carboxylic acids is 2. The first-order valence-corrected chi connectivity index (χ1v) is 9.91. The summed E-state index contributed by atoms with van der Waals surface area (Å²) in [6.07, 6.45) is 0.478. The van der Waals surface area contributed by atoms with Crippen LogP contribution in [0.3, 0.4) is 0 Å². The van der Waals surface area contributed by atoms with E-state index in [9.17, 15) is 9.59 Å². The molecule has 0 atom stereocenters. The lowest BCUT2D eigenvalue weighted by Gasteiger charge is -2.34. The Morgan fingerprint density at radius 3 is 2.21 bits per heavy atom. The molecule has 1 amide bonds. The molecule has 2 aromatic rings. The molecule has 5 heteroatoms. The van der Waals surface area contributed by atoms with E-state index in [2.05, 4.69) is 46.3 Å². The molecule has 1 aliphatic rings. The van der Waals surface area contributed by atoms with Crippen LogP contribution in [0.5, 0.6) is 0 Å². The Morgan fingerprint density at radius 1 is 0.929 bits per heavy atom. The summed E-state index contributed by atoms with van der Waals surface area (Å²) in [5.74, 6) is 0.0392. The second kappa shape index (κ2) is 9.62. The van der Waals surface area contributed by atoms with Crippen molar-refractivity contribution in [3.05, 3.63) is 65.2 Å². The highest BCUT2D eigenvalue weighted by Gasteiger charge is 2.18. The number of amides is 1. The largest absolute Gasteiger partial charge is 0.326 e. The zero-order chi connectivity index (χ0) is 19.9. The first-order chi connectivity index (χ1) is 13.5. The normalized spacial score (nSPS) is 15.4. The summed E-state index contributed by atoms with van der Waals surface area (Å²) in [6.45, 7) is 9.52. The number of carbonyl (C=O) groups is 2. The molecule has 0 unspecified atom stereocenters. The van der Waals surface area contributed by atoms with Gasteiger partial charge in [-0.2, -0.15) is 0 Å². The molecule has 0 radical (unpaired) electrons. The molecule has 3 rings (SSSR count). The van der Waals surface area contributed by atoms with E-state index >= 15 is 0 Å². The Kier molecular flexibility index (Phi) is 6.95. The first kappa shape index (κ1) is 20.2. The van der Waals surface area contributed by atoms with Gasteiger partial charge in [0.05, 0.1) is 0 Å². The molecule has 0 aromatic heterocycles. The predicted octanol–water partition coefficient (Wildman–Crippen LogP) is 3.34. The molecule has 1 N–H and O–H groups in total. The van der Waals surface area contributed by atoms with E-state index in [0.717, 1.165) is 45.0 Å². The van der Waals surface area contributed by atoms with Crippen molar-refractivity contribution in [3.63, 3.8) is 0 Å². The number of ketones is 1. The summed E-state index contributed by atoms with van der Waals surface area (Å²) < 4.78 is 0. The maximum atomic E-state index is 12.2. The van der Waals surface area contributed by atoms with E-state index in [0.29, 0.717) is 12.0 Å². The van der Waals surface area contributed by atoms with Gasteiger partial charge < -0.3 is 10.2 Å². The van der Waals surface area contributed by atoms with E-state index in [-0.39, 0.29) is 11.7 Å². The second-order valence-electron chi connectivity index (χ2n) is 7.48. The lowest BCUT2D eigenvalue weighted by molar-refractivity contribution is -0.116. The lowest BCUT2D eigenvalue weighted by Crippen LogP contribution is -2.46. The van der Waals surface area contributed by atoms with Crippen LogP contribution >= 0.6 is 0 Å². The van der Waals surface area contributed by atoms with Crippen LogP contribution in [-0.4, -0.2) is 54.2 Å². The summed E-state index contributed by atoms with van der Waals surface area (Å²) in [5, 5.41) is 2.91. The van der Waals surface area contributed by atoms with Crippen LogP contribution in [-0.2, 0) is 11.3 Å². The zero-order valence-electron chi connectivity index (χ0n) is 16.8. The standard InChI is InChI=1S/C23H29N3O2/c1-18-5-3-4-6-21(18)17-26-15-13-25(14-16-26)12-11-23(28)24-22-9-7-20(8-10-22)19(2)27/h3-10H,11-17H2,1-2H3,(H,24,28). The Hall–Kier alpha value is -2.50. The summed E-state index contributed by atoms with van der Waals surface area (Å²) in [5.41, 5.74) is 4.13. The van der Waals surface area contributed by atoms with Gasteiger partial charge in [0.1, 0.15) is 0 Å². The molecule has 1 saturated heterocycles. The Bertz CT molecular complexity index is 809. The fourth-order valence-corrected chi connectivity index (χ4v) is 3.47. The summed E-state index contributed by atoms with van der Waals surface area (Å²) in [6, 6.07) is 15.6. The average Bonchev–Trinajstić information content (AvgIpc) is 2.69. The third-order valence-corrected chi connectivity index (χ3v) is 5.35. The van der Waals surface area contributed by atoms with Crippen molar-refractivity contribution in [2.45, 2.75) is 26.8 Å². The van der Waals surface area contributed by atoms with Gasteiger partial charge in [-0.3, -0.25) is 14.5 Å². The number of anilines is 1. The lowest BCUT2D eigenvalue weighted by atomic mass is 10.1.